The minimum Gasteiger partial charge on any atom is -0.462 e. The summed E-state index contributed by atoms with van der Waals surface area (Å²) in [6.45, 7) is 5.46. The Hall–Kier alpha value is -1.98. The van der Waals surface area contributed by atoms with Crippen LogP contribution in [0, 0.1) is 34.5 Å². The molecular weight excluding hydrogens is 363 g/mol. The summed E-state index contributed by atoms with van der Waals surface area (Å²) in [5, 5.41) is 0. The number of esters is 2. The molecule has 0 aromatic heterocycles. The highest BCUT2D eigenvalue weighted by Crippen LogP contribution is 2.65. The molecule has 4 aliphatic rings. The van der Waals surface area contributed by atoms with Crippen molar-refractivity contribution < 1.29 is 28.2 Å². The lowest BCUT2D eigenvalue weighted by atomic mass is 9.49. The van der Waals surface area contributed by atoms with Crippen molar-refractivity contribution in [2.45, 2.75) is 46.5 Å². The number of carbonyl (C=O) groups excluding carboxylic acids is 3. The zero-order chi connectivity index (χ0) is 20.3. The first kappa shape index (κ1) is 19.3. The molecule has 0 bridgehead atoms. The molecule has 1 heterocycles. The van der Waals surface area contributed by atoms with Gasteiger partial charge in [0.15, 0.2) is 5.78 Å². The lowest BCUT2D eigenvalue weighted by Gasteiger charge is -2.55. The Morgan fingerprint density at radius 1 is 1.25 bits per heavy atom. The Labute approximate surface area is 164 Å². The molecule has 5 nitrogen and oxygen atoms in total. The van der Waals surface area contributed by atoms with Crippen molar-refractivity contribution in [2.24, 2.45) is 34.5 Å². The molecule has 4 rings (SSSR count). The van der Waals surface area contributed by atoms with Crippen LogP contribution in [0.15, 0.2) is 23.6 Å². The van der Waals surface area contributed by atoms with E-state index in [0.717, 1.165) is 25.7 Å². The van der Waals surface area contributed by atoms with E-state index in [1.54, 1.807) is 6.08 Å². The van der Waals surface area contributed by atoms with E-state index in [0.29, 0.717) is 5.57 Å². The second-order valence-corrected chi connectivity index (χ2v) is 9.31. The maximum atomic E-state index is 15.0. The zero-order valence-corrected chi connectivity index (χ0v) is 16.6. The van der Waals surface area contributed by atoms with Gasteiger partial charge in [-0.15, -0.1) is 0 Å². The first-order chi connectivity index (χ1) is 13.2. The van der Waals surface area contributed by atoms with Crippen LogP contribution >= 0.6 is 0 Å². The van der Waals surface area contributed by atoms with Crippen LogP contribution in [0.3, 0.4) is 0 Å². The first-order valence-corrected chi connectivity index (χ1v) is 10.1. The van der Waals surface area contributed by atoms with Crippen LogP contribution in [0.25, 0.3) is 0 Å². The number of cyclic esters (lactones) is 1. The van der Waals surface area contributed by atoms with Crippen LogP contribution < -0.4 is 0 Å². The second-order valence-electron chi connectivity index (χ2n) is 9.31. The SMILES string of the molecule is CC(=O)OCC(=O)[C@H]1CC[C@H]2[C@@H]3C=C(F)C4=CC(=O)OC[C@]4(C)[C@H]3CC[C@]12C. The Morgan fingerprint density at radius 2 is 2.00 bits per heavy atom. The number of ether oxygens (including phenoxy) is 2. The van der Waals surface area contributed by atoms with E-state index < -0.39 is 17.4 Å². The number of hydrogen-bond acceptors (Lipinski definition) is 5. The highest BCUT2D eigenvalue weighted by atomic mass is 19.1. The van der Waals surface area contributed by atoms with Crippen molar-refractivity contribution in [1.29, 1.82) is 0 Å². The molecular formula is C22H27FO5. The molecule has 2 saturated carbocycles. The van der Waals surface area contributed by atoms with E-state index in [-0.39, 0.29) is 53.9 Å². The van der Waals surface area contributed by atoms with Crippen LogP contribution in [0.5, 0.6) is 0 Å². The molecule has 0 amide bonds. The van der Waals surface area contributed by atoms with Gasteiger partial charge in [-0.05, 0) is 54.9 Å². The summed E-state index contributed by atoms with van der Waals surface area (Å²) in [7, 11) is 0. The molecule has 0 radical (unpaired) electrons. The quantitative estimate of drug-likeness (QED) is 0.690. The fraction of sp³-hybridized carbons (Fsp3) is 0.682. The fourth-order valence-electron chi connectivity index (χ4n) is 6.50. The summed E-state index contributed by atoms with van der Waals surface area (Å²) in [5.74, 6) is -1.05. The third-order valence-corrected chi connectivity index (χ3v) is 7.95. The first-order valence-electron chi connectivity index (χ1n) is 10.1. The van der Waals surface area contributed by atoms with E-state index in [1.807, 2.05) is 6.92 Å². The molecule has 0 saturated heterocycles. The Morgan fingerprint density at radius 3 is 2.71 bits per heavy atom. The lowest BCUT2D eigenvalue weighted by molar-refractivity contribution is -0.149. The van der Waals surface area contributed by atoms with Crippen molar-refractivity contribution in [3.05, 3.63) is 23.6 Å². The molecule has 0 unspecified atom stereocenters. The summed E-state index contributed by atoms with van der Waals surface area (Å²) in [6.07, 6.45) is 6.31. The average molecular weight is 390 g/mol. The number of fused-ring (bicyclic) bond motifs is 5. The van der Waals surface area contributed by atoms with Gasteiger partial charge in [0.2, 0.25) is 0 Å². The van der Waals surface area contributed by atoms with E-state index in [9.17, 15) is 14.4 Å². The predicted octanol–water partition coefficient (Wildman–Crippen LogP) is 3.53. The van der Waals surface area contributed by atoms with Crippen molar-refractivity contribution in [2.75, 3.05) is 13.2 Å². The third-order valence-electron chi connectivity index (χ3n) is 7.95. The van der Waals surface area contributed by atoms with Crippen molar-refractivity contribution >= 4 is 17.7 Å². The number of hydrogen-bond donors (Lipinski definition) is 0. The van der Waals surface area contributed by atoms with E-state index in [1.165, 1.54) is 13.0 Å². The van der Waals surface area contributed by atoms with E-state index in [4.69, 9.17) is 9.47 Å². The Kier molecular flexibility index (Phi) is 4.51. The summed E-state index contributed by atoms with van der Waals surface area (Å²) < 4.78 is 25.2. The number of ketones is 1. The number of halogens is 1. The highest BCUT2D eigenvalue weighted by Gasteiger charge is 2.60. The summed E-state index contributed by atoms with van der Waals surface area (Å²) in [6, 6.07) is 0. The minimum atomic E-state index is -0.515. The van der Waals surface area contributed by atoms with Gasteiger partial charge in [-0.3, -0.25) is 9.59 Å². The normalized spacial score (nSPS) is 41.6. The molecule has 6 heteroatoms. The van der Waals surface area contributed by atoms with Crippen LogP contribution in [-0.2, 0) is 23.9 Å². The number of carbonyl (C=O) groups is 3. The molecule has 6 atom stereocenters. The Bertz CT molecular complexity index is 799. The zero-order valence-electron chi connectivity index (χ0n) is 16.6. The smallest absolute Gasteiger partial charge is 0.331 e. The van der Waals surface area contributed by atoms with Gasteiger partial charge >= 0.3 is 11.9 Å². The number of allylic oxidation sites excluding steroid dienone is 2. The molecule has 152 valence electrons. The molecule has 3 aliphatic carbocycles. The van der Waals surface area contributed by atoms with Gasteiger partial charge in [-0.25, -0.2) is 9.18 Å². The Balaban J connectivity index is 1.64. The van der Waals surface area contributed by atoms with Gasteiger partial charge in [-0.1, -0.05) is 13.8 Å². The molecule has 0 aromatic carbocycles. The van der Waals surface area contributed by atoms with E-state index >= 15 is 4.39 Å². The molecule has 0 N–H and O–H groups in total. The summed E-state index contributed by atoms with van der Waals surface area (Å²) >= 11 is 0. The lowest BCUT2D eigenvalue weighted by Crippen LogP contribution is -2.52. The van der Waals surface area contributed by atoms with Crippen LogP contribution in [0.2, 0.25) is 0 Å². The van der Waals surface area contributed by atoms with Crippen molar-refractivity contribution in [1.82, 2.24) is 0 Å². The number of rotatable bonds is 3. The predicted molar refractivity (Wildman–Crippen MR) is 98.5 cm³/mol. The monoisotopic (exact) mass is 390 g/mol. The standard InChI is InChI=1S/C22H27FO5/c1-12(24)27-10-19(25)16-5-4-14-13-8-18(23)17-9-20(26)28-11-22(17,3)15(13)6-7-21(14,16)2/h8-9,13-16H,4-7,10-11H2,1-3H3/t13-,14-,15-,16+,21-,22+/m0/s1. The van der Waals surface area contributed by atoms with Gasteiger partial charge < -0.3 is 9.47 Å². The maximum absolute atomic E-state index is 15.0. The van der Waals surface area contributed by atoms with Crippen LogP contribution in [-0.4, -0.2) is 30.9 Å². The van der Waals surface area contributed by atoms with Gasteiger partial charge in [0, 0.05) is 29.9 Å². The molecule has 0 aromatic rings. The van der Waals surface area contributed by atoms with Crippen molar-refractivity contribution in [3.63, 3.8) is 0 Å². The highest BCUT2D eigenvalue weighted by molar-refractivity contribution is 5.86. The van der Waals surface area contributed by atoms with Gasteiger partial charge in [0.05, 0.1) is 0 Å². The minimum absolute atomic E-state index is 0.0178. The average Bonchev–Trinajstić information content (AvgIpc) is 2.99. The third kappa shape index (κ3) is 2.75. The van der Waals surface area contributed by atoms with E-state index in [2.05, 4.69) is 6.92 Å². The number of Topliss-reactive ketones (excluding diaryl/α,β-unsaturated/α-hetero) is 1. The van der Waals surface area contributed by atoms with Gasteiger partial charge in [0.1, 0.15) is 19.0 Å². The van der Waals surface area contributed by atoms with Gasteiger partial charge in [0.25, 0.3) is 0 Å². The fourth-order valence-corrected chi connectivity index (χ4v) is 6.50. The molecule has 2 fully saturated rings. The van der Waals surface area contributed by atoms with Crippen LogP contribution in [0.1, 0.15) is 46.5 Å². The van der Waals surface area contributed by atoms with Gasteiger partial charge in [-0.2, -0.15) is 0 Å². The maximum Gasteiger partial charge on any atom is 0.331 e. The topological polar surface area (TPSA) is 69.7 Å². The molecule has 28 heavy (non-hydrogen) atoms. The molecule has 1 aliphatic heterocycles. The second kappa shape index (κ2) is 6.53. The summed E-state index contributed by atoms with van der Waals surface area (Å²) in [4.78, 5) is 35.5. The summed E-state index contributed by atoms with van der Waals surface area (Å²) in [5.41, 5.74) is -0.273. The van der Waals surface area contributed by atoms with Crippen LogP contribution in [0.4, 0.5) is 4.39 Å². The largest absolute Gasteiger partial charge is 0.462 e. The molecule has 0 spiro atoms. The van der Waals surface area contributed by atoms with Crippen molar-refractivity contribution in [3.8, 4) is 0 Å².